The number of aromatic nitrogens is 6. The van der Waals surface area contributed by atoms with E-state index >= 15 is 0 Å². The highest BCUT2D eigenvalue weighted by atomic mass is 16.6. The van der Waals surface area contributed by atoms with Crippen molar-refractivity contribution in [2.24, 2.45) is 7.05 Å². The van der Waals surface area contributed by atoms with E-state index in [2.05, 4.69) is 36.0 Å². The van der Waals surface area contributed by atoms with Gasteiger partial charge in [0.2, 0.25) is 0 Å². The van der Waals surface area contributed by atoms with Gasteiger partial charge in [0.25, 0.3) is 5.91 Å². The zero-order valence-corrected chi connectivity index (χ0v) is 19.7. The Labute approximate surface area is 209 Å². The van der Waals surface area contributed by atoms with Gasteiger partial charge in [-0.1, -0.05) is 0 Å². The number of nitrogens with two attached hydrogens (primary N) is 1. The number of amides is 3. The number of ether oxygens (including phenoxy) is 1. The molecule has 0 aromatic carbocycles. The fourth-order valence-corrected chi connectivity index (χ4v) is 4.13. The van der Waals surface area contributed by atoms with Crippen LogP contribution in [0.3, 0.4) is 0 Å². The zero-order chi connectivity index (χ0) is 26.3. The topological polar surface area (TPSA) is 207 Å². The van der Waals surface area contributed by atoms with Crippen LogP contribution in [0.25, 0.3) is 22.3 Å². The number of anilines is 3. The third-order valence-electron chi connectivity index (χ3n) is 5.90. The fraction of sp³-hybridized carbons (Fsp3) is 0.273. The number of fused-ring (bicyclic) bond motifs is 1. The van der Waals surface area contributed by atoms with Crippen molar-refractivity contribution in [3.63, 3.8) is 0 Å². The van der Waals surface area contributed by atoms with Crippen LogP contribution < -0.4 is 21.7 Å². The van der Waals surface area contributed by atoms with Crippen LogP contribution in [0.1, 0.15) is 6.23 Å². The lowest BCUT2D eigenvalue weighted by Gasteiger charge is -2.17. The van der Waals surface area contributed by atoms with Crippen LogP contribution in [0.4, 0.5) is 22.1 Å². The summed E-state index contributed by atoms with van der Waals surface area (Å²) in [5, 5.41) is 33.9. The minimum atomic E-state index is -1.55. The molecule has 0 saturated carbocycles. The number of hydrogen-bond donors (Lipinski definition) is 6. The Hall–Kier alpha value is -4.60. The number of aliphatic hydroxyl groups excluding tert-OH is 2. The van der Waals surface area contributed by atoms with Crippen LogP contribution in [-0.2, 0) is 16.6 Å². The molecule has 4 aromatic heterocycles. The van der Waals surface area contributed by atoms with Crippen molar-refractivity contribution in [1.82, 2.24) is 34.6 Å². The van der Waals surface area contributed by atoms with Gasteiger partial charge in [-0.05, 0) is 12.1 Å². The first-order chi connectivity index (χ1) is 17.8. The summed E-state index contributed by atoms with van der Waals surface area (Å²) in [6.07, 6.45) is 0.455. The molecule has 1 saturated heterocycles. The molecule has 192 valence electrons. The minimum absolute atomic E-state index is 0.195. The average molecular weight is 508 g/mol. The van der Waals surface area contributed by atoms with E-state index in [1.807, 2.05) is 0 Å². The predicted octanol–water partition coefficient (Wildman–Crippen LogP) is -0.182. The highest BCUT2D eigenvalue weighted by Gasteiger charge is 2.48. The van der Waals surface area contributed by atoms with Gasteiger partial charge in [-0.25, -0.2) is 19.7 Å². The number of aliphatic hydroxyl groups is 2. The summed E-state index contributed by atoms with van der Waals surface area (Å²) in [7, 11) is 3.22. The Bertz CT molecular complexity index is 1480. The zero-order valence-electron chi connectivity index (χ0n) is 19.7. The molecule has 0 unspecified atom stereocenters. The molecule has 1 aliphatic heterocycles. The molecule has 37 heavy (non-hydrogen) atoms. The van der Waals surface area contributed by atoms with Crippen LogP contribution in [0, 0.1) is 0 Å². The van der Waals surface area contributed by atoms with Crippen molar-refractivity contribution in [2.45, 2.75) is 24.5 Å². The number of aryl methyl sites for hydroxylation is 1. The lowest BCUT2D eigenvalue weighted by atomic mass is 10.1. The van der Waals surface area contributed by atoms with Crippen LogP contribution in [0.2, 0.25) is 0 Å². The summed E-state index contributed by atoms with van der Waals surface area (Å²) in [5.74, 6) is -0.312. The molecule has 1 fully saturated rings. The normalized spacial score (nSPS) is 21.2. The van der Waals surface area contributed by atoms with E-state index in [4.69, 9.17) is 10.5 Å². The second-order valence-electron chi connectivity index (χ2n) is 8.33. The first kappa shape index (κ1) is 24.1. The highest BCUT2D eigenvalue weighted by molar-refractivity contribution is 6.00. The SMILES string of the molecule is CNC(=O)Nc1cc(NC(=O)[C@H]2O[C@@H](n3cc(-c4ccn(C)n4)c4c(N)ncnc43)[C@H](O)[C@@H]2O)ccn1. The first-order valence-corrected chi connectivity index (χ1v) is 11.1. The molecular weight excluding hydrogens is 484 g/mol. The quantitative estimate of drug-likeness (QED) is 0.209. The summed E-state index contributed by atoms with van der Waals surface area (Å²) in [5.41, 5.74) is 7.96. The summed E-state index contributed by atoms with van der Waals surface area (Å²) < 4.78 is 8.97. The van der Waals surface area contributed by atoms with E-state index < -0.39 is 36.5 Å². The second kappa shape index (κ2) is 9.45. The monoisotopic (exact) mass is 508 g/mol. The third kappa shape index (κ3) is 4.42. The summed E-state index contributed by atoms with van der Waals surface area (Å²) in [6, 6.07) is 4.23. The smallest absolute Gasteiger partial charge is 0.320 e. The number of nitrogens with zero attached hydrogens (tertiary/aromatic N) is 6. The highest BCUT2D eigenvalue weighted by Crippen LogP contribution is 2.38. The van der Waals surface area contributed by atoms with E-state index in [1.165, 1.54) is 36.3 Å². The number of urea groups is 1. The standard InChI is InChI=1S/C22H24N10O5/c1-24-22(36)29-13-7-10(3-5-25-13)28-20(35)17-15(33)16(34)21(37-17)32-8-11(12-4-6-31(2)30-12)14-18(23)26-9-27-19(14)32/h3-9,15-17,21,33-34H,1-2H3,(H2,23,26,27)(H3,24,25,28,29,35,36)/t15-,16+,17-,21+/m0/s1. The lowest BCUT2D eigenvalue weighted by molar-refractivity contribution is -0.132. The molecule has 0 aliphatic carbocycles. The minimum Gasteiger partial charge on any atom is -0.387 e. The Morgan fingerprint density at radius 2 is 1.95 bits per heavy atom. The van der Waals surface area contributed by atoms with Crippen LogP contribution in [-0.4, -0.2) is 76.8 Å². The van der Waals surface area contributed by atoms with Gasteiger partial charge < -0.3 is 35.9 Å². The summed E-state index contributed by atoms with van der Waals surface area (Å²) in [6.45, 7) is 0. The van der Waals surface area contributed by atoms with E-state index in [9.17, 15) is 19.8 Å². The first-order valence-electron chi connectivity index (χ1n) is 11.1. The van der Waals surface area contributed by atoms with Gasteiger partial charge in [0.15, 0.2) is 12.3 Å². The Balaban J connectivity index is 1.42. The van der Waals surface area contributed by atoms with Crippen LogP contribution >= 0.6 is 0 Å². The second-order valence-corrected chi connectivity index (χ2v) is 8.33. The maximum atomic E-state index is 13.0. The van der Waals surface area contributed by atoms with E-state index in [-0.39, 0.29) is 11.6 Å². The van der Waals surface area contributed by atoms with Gasteiger partial charge in [-0.15, -0.1) is 0 Å². The number of nitrogens with one attached hydrogen (secondary N) is 3. The molecule has 0 radical (unpaired) electrons. The van der Waals surface area contributed by atoms with Gasteiger partial charge in [-0.3, -0.25) is 14.8 Å². The Morgan fingerprint density at radius 1 is 1.14 bits per heavy atom. The van der Waals surface area contributed by atoms with Crippen molar-refractivity contribution >= 4 is 40.3 Å². The summed E-state index contributed by atoms with van der Waals surface area (Å²) >= 11 is 0. The van der Waals surface area contributed by atoms with Crippen molar-refractivity contribution in [2.75, 3.05) is 23.4 Å². The lowest BCUT2D eigenvalue weighted by Crippen LogP contribution is -2.39. The number of nitrogen functional groups attached to an aromatic ring is 1. The third-order valence-corrected chi connectivity index (χ3v) is 5.90. The molecule has 15 heteroatoms. The maximum absolute atomic E-state index is 13.0. The molecule has 5 rings (SSSR count). The predicted molar refractivity (Wildman–Crippen MR) is 131 cm³/mol. The van der Waals surface area contributed by atoms with Crippen molar-refractivity contribution in [3.8, 4) is 11.3 Å². The van der Waals surface area contributed by atoms with E-state index in [0.29, 0.717) is 28.0 Å². The Kier molecular flexibility index (Phi) is 6.16. The van der Waals surface area contributed by atoms with Crippen molar-refractivity contribution in [1.29, 1.82) is 0 Å². The molecular formula is C22H24N10O5. The van der Waals surface area contributed by atoms with Gasteiger partial charge in [-0.2, -0.15) is 5.10 Å². The largest absolute Gasteiger partial charge is 0.387 e. The summed E-state index contributed by atoms with van der Waals surface area (Å²) in [4.78, 5) is 36.9. The molecule has 0 spiro atoms. The maximum Gasteiger partial charge on any atom is 0.320 e. The molecule has 3 amide bonds. The van der Waals surface area contributed by atoms with Crippen LogP contribution in [0.15, 0.2) is 43.1 Å². The van der Waals surface area contributed by atoms with Crippen LogP contribution in [0.5, 0.6) is 0 Å². The van der Waals surface area contributed by atoms with Gasteiger partial charge in [0, 0.05) is 50.0 Å². The van der Waals surface area contributed by atoms with E-state index in [1.54, 1.807) is 30.2 Å². The fourth-order valence-electron chi connectivity index (χ4n) is 4.13. The van der Waals surface area contributed by atoms with E-state index in [0.717, 1.165) is 0 Å². The number of pyridine rings is 1. The van der Waals surface area contributed by atoms with Gasteiger partial charge >= 0.3 is 6.03 Å². The molecule has 15 nitrogen and oxygen atoms in total. The van der Waals surface area contributed by atoms with Gasteiger partial charge in [0.1, 0.15) is 35.8 Å². The molecule has 4 atom stereocenters. The average Bonchev–Trinajstić information content (AvgIpc) is 3.56. The molecule has 1 aliphatic rings. The molecule has 7 N–H and O–H groups in total. The van der Waals surface area contributed by atoms with Gasteiger partial charge in [0.05, 0.1) is 11.1 Å². The number of rotatable bonds is 5. The van der Waals surface area contributed by atoms with Crippen molar-refractivity contribution < 1.29 is 24.5 Å². The number of hydrogen-bond acceptors (Lipinski definition) is 10. The number of carbonyl (C=O) groups excluding carboxylic acids is 2. The van der Waals surface area contributed by atoms with Crippen molar-refractivity contribution in [3.05, 3.63) is 43.1 Å². The molecule has 4 aromatic rings. The Morgan fingerprint density at radius 3 is 2.68 bits per heavy atom. The number of carbonyl (C=O) groups is 2. The molecule has 0 bridgehead atoms. The molecule has 5 heterocycles.